The zero-order chi connectivity index (χ0) is 13.8. The van der Waals surface area contributed by atoms with E-state index in [0.29, 0.717) is 19.0 Å². The summed E-state index contributed by atoms with van der Waals surface area (Å²) in [4.78, 5) is 0. The van der Waals surface area contributed by atoms with Gasteiger partial charge in [-0.2, -0.15) is 0 Å². The highest BCUT2D eigenvalue weighted by Gasteiger charge is 2.21. The summed E-state index contributed by atoms with van der Waals surface area (Å²) in [6.45, 7) is 7.16. The Morgan fingerprint density at radius 2 is 1.90 bits per heavy atom. The largest absolute Gasteiger partial charge is 0.474 e. The number of nitrogens with two attached hydrogens (primary N) is 1. The molecule has 0 aliphatic rings. The van der Waals surface area contributed by atoms with Crippen molar-refractivity contribution in [3.8, 4) is 17.2 Å². The molecule has 0 atom stereocenters. The first kappa shape index (κ1) is 16.5. The van der Waals surface area contributed by atoms with E-state index in [0.717, 1.165) is 16.9 Å². The number of hydrogen-bond donors (Lipinski definition) is 1. The summed E-state index contributed by atoms with van der Waals surface area (Å²) < 4.78 is 11.0. The van der Waals surface area contributed by atoms with E-state index in [4.69, 9.17) is 15.0 Å². The van der Waals surface area contributed by atoms with Crippen LogP contribution in [0.4, 0.5) is 0 Å². The van der Waals surface area contributed by atoms with Gasteiger partial charge in [-0.15, -0.1) is 12.4 Å². The Morgan fingerprint density at radius 1 is 1.25 bits per heavy atom. The van der Waals surface area contributed by atoms with Crippen molar-refractivity contribution < 1.29 is 9.26 Å². The molecule has 0 radical (unpaired) electrons. The Morgan fingerprint density at radius 3 is 2.45 bits per heavy atom. The fourth-order valence-corrected chi connectivity index (χ4v) is 1.96. The molecule has 1 heterocycles. The van der Waals surface area contributed by atoms with E-state index in [1.165, 1.54) is 5.56 Å². The van der Waals surface area contributed by atoms with E-state index in [1.807, 2.05) is 12.1 Å². The number of halogens is 1. The molecule has 2 N–H and O–H groups in total. The van der Waals surface area contributed by atoms with Gasteiger partial charge in [0.2, 0.25) is 0 Å². The molecule has 0 saturated carbocycles. The van der Waals surface area contributed by atoms with Crippen LogP contribution in [-0.4, -0.2) is 18.3 Å². The molecule has 110 valence electrons. The third kappa shape index (κ3) is 3.52. The van der Waals surface area contributed by atoms with Crippen LogP contribution in [0.5, 0.6) is 5.88 Å². The minimum Gasteiger partial charge on any atom is -0.474 e. The lowest BCUT2D eigenvalue weighted by Gasteiger charge is -2.08. The minimum atomic E-state index is 0. The first-order valence-corrected chi connectivity index (χ1v) is 6.53. The van der Waals surface area contributed by atoms with E-state index in [2.05, 4.69) is 38.1 Å². The molecule has 0 unspecified atom stereocenters. The SMILES string of the molecule is Cc1ccc(-c2onc(OCCN)c2C(C)C)cc1.Cl. The second kappa shape index (κ2) is 7.31. The summed E-state index contributed by atoms with van der Waals surface area (Å²) >= 11 is 0. The first-order chi connectivity index (χ1) is 9.13. The lowest BCUT2D eigenvalue weighted by Crippen LogP contribution is -2.11. The zero-order valence-corrected chi connectivity index (χ0v) is 12.9. The van der Waals surface area contributed by atoms with E-state index in [-0.39, 0.29) is 18.3 Å². The van der Waals surface area contributed by atoms with Gasteiger partial charge in [0.25, 0.3) is 5.88 Å². The van der Waals surface area contributed by atoms with Gasteiger partial charge in [0, 0.05) is 12.1 Å². The first-order valence-electron chi connectivity index (χ1n) is 6.53. The van der Waals surface area contributed by atoms with Gasteiger partial charge >= 0.3 is 0 Å². The number of aromatic nitrogens is 1. The Hall–Kier alpha value is -1.52. The average molecular weight is 297 g/mol. The van der Waals surface area contributed by atoms with Crippen LogP contribution in [0.1, 0.15) is 30.9 Å². The van der Waals surface area contributed by atoms with Gasteiger partial charge in [0.15, 0.2) is 5.76 Å². The fourth-order valence-electron chi connectivity index (χ4n) is 1.96. The summed E-state index contributed by atoms with van der Waals surface area (Å²) in [6.07, 6.45) is 0. The molecule has 5 heteroatoms. The molecule has 2 aromatic rings. The summed E-state index contributed by atoms with van der Waals surface area (Å²) in [5, 5.41) is 4.02. The van der Waals surface area contributed by atoms with Crippen LogP contribution >= 0.6 is 12.4 Å². The fraction of sp³-hybridized carbons (Fsp3) is 0.400. The molecule has 0 bridgehead atoms. The molecule has 0 spiro atoms. The van der Waals surface area contributed by atoms with Crippen LogP contribution in [0.3, 0.4) is 0 Å². The van der Waals surface area contributed by atoms with Crippen molar-refractivity contribution in [2.45, 2.75) is 26.7 Å². The van der Waals surface area contributed by atoms with Gasteiger partial charge in [0.1, 0.15) is 6.61 Å². The van der Waals surface area contributed by atoms with Crippen LogP contribution in [0, 0.1) is 6.92 Å². The summed E-state index contributed by atoms with van der Waals surface area (Å²) in [5.74, 6) is 1.60. The zero-order valence-electron chi connectivity index (χ0n) is 12.1. The van der Waals surface area contributed by atoms with Crippen LogP contribution in [-0.2, 0) is 0 Å². The van der Waals surface area contributed by atoms with Gasteiger partial charge in [0.05, 0.1) is 5.56 Å². The Kier molecular flexibility index (Phi) is 6.05. The monoisotopic (exact) mass is 296 g/mol. The maximum absolute atomic E-state index is 5.54. The Bertz CT molecular complexity index is 535. The molecule has 1 aromatic heterocycles. The second-order valence-electron chi connectivity index (χ2n) is 4.89. The number of hydrogen-bond acceptors (Lipinski definition) is 4. The quantitative estimate of drug-likeness (QED) is 0.917. The highest BCUT2D eigenvalue weighted by atomic mass is 35.5. The van der Waals surface area contributed by atoms with Gasteiger partial charge in [-0.3, -0.25) is 0 Å². The smallest absolute Gasteiger partial charge is 0.258 e. The number of aryl methyl sites for hydroxylation is 1. The van der Waals surface area contributed by atoms with E-state index >= 15 is 0 Å². The number of ether oxygens (including phenoxy) is 1. The molecular weight excluding hydrogens is 276 g/mol. The molecule has 2 rings (SSSR count). The molecule has 0 amide bonds. The van der Waals surface area contributed by atoms with Crippen molar-refractivity contribution in [1.82, 2.24) is 5.16 Å². The molecule has 0 saturated heterocycles. The number of nitrogens with zero attached hydrogens (tertiary/aromatic N) is 1. The highest BCUT2D eigenvalue weighted by molar-refractivity contribution is 5.85. The van der Waals surface area contributed by atoms with E-state index in [1.54, 1.807) is 0 Å². The lowest BCUT2D eigenvalue weighted by molar-refractivity contribution is 0.286. The van der Waals surface area contributed by atoms with Crippen molar-refractivity contribution in [2.24, 2.45) is 5.73 Å². The third-order valence-corrected chi connectivity index (χ3v) is 2.94. The Labute approximate surface area is 125 Å². The van der Waals surface area contributed by atoms with Crippen molar-refractivity contribution in [3.63, 3.8) is 0 Å². The summed E-state index contributed by atoms with van der Waals surface area (Å²) in [6, 6.07) is 8.19. The van der Waals surface area contributed by atoms with Crippen molar-refractivity contribution in [2.75, 3.05) is 13.2 Å². The average Bonchev–Trinajstić information content (AvgIpc) is 2.81. The van der Waals surface area contributed by atoms with Crippen molar-refractivity contribution in [1.29, 1.82) is 0 Å². The minimum absolute atomic E-state index is 0. The Balaban J connectivity index is 0.00000200. The maximum Gasteiger partial charge on any atom is 0.258 e. The predicted molar refractivity (Wildman–Crippen MR) is 82.6 cm³/mol. The number of benzene rings is 1. The summed E-state index contributed by atoms with van der Waals surface area (Å²) in [7, 11) is 0. The standard InChI is InChI=1S/C15H20N2O2.ClH/c1-10(2)13-14(12-6-4-11(3)5-7-12)19-17-15(13)18-9-8-16;/h4-7,10H,8-9,16H2,1-3H3;1H. The molecule has 0 aliphatic carbocycles. The van der Waals surface area contributed by atoms with Crippen LogP contribution in [0.25, 0.3) is 11.3 Å². The number of rotatable bonds is 5. The summed E-state index contributed by atoms with van der Waals surface area (Å²) in [5.41, 5.74) is 8.69. The van der Waals surface area contributed by atoms with E-state index < -0.39 is 0 Å². The van der Waals surface area contributed by atoms with Gasteiger partial charge in [-0.05, 0) is 18.0 Å². The molecule has 1 aromatic carbocycles. The second-order valence-corrected chi connectivity index (χ2v) is 4.89. The lowest BCUT2D eigenvalue weighted by atomic mass is 9.99. The topological polar surface area (TPSA) is 61.3 Å². The molecule has 20 heavy (non-hydrogen) atoms. The van der Waals surface area contributed by atoms with Crippen LogP contribution in [0.15, 0.2) is 28.8 Å². The van der Waals surface area contributed by atoms with E-state index in [9.17, 15) is 0 Å². The maximum atomic E-state index is 5.54. The normalized spacial score (nSPS) is 10.4. The van der Waals surface area contributed by atoms with Crippen LogP contribution in [0.2, 0.25) is 0 Å². The van der Waals surface area contributed by atoms with Crippen LogP contribution < -0.4 is 10.5 Å². The molecule has 0 fully saturated rings. The molecule has 0 aliphatic heterocycles. The van der Waals surface area contributed by atoms with Gasteiger partial charge < -0.3 is 15.0 Å². The van der Waals surface area contributed by atoms with Gasteiger partial charge in [-0.1, -0.05) is 43.7 Å². The molecular formula is C15H21ClN2O2. The highest BCUT2D eigenvalue weighted by Crippen LogP contribution is 2.36. The van der Waals surface area contributed by atoms with Crippen molar-refractivity contribution >= 4 is 12.4 Å². The predicted octanol–water partition coefficient (Wildman–Crippen LogP) is 3.53. The third-order valence-electron chi connectivity index (χ3n) is 2.94. The van der Waals surface area contributed by atoms with Crippen molar-refractivity contribution in [3.05, 3.63) is 35.4 Å². The van der Waals surface area contributed by atoms with Gasteiger partial charge in [-0.25, -0.2) is 0 Å². The molecule has 4 nitrogen and oxygen atoms in total.